The van der Waals surface area contributed by atoms with E-state index in [1.807, 2.05) is 0 Å². The Hall–Kier alpha value is -2.17. The lowest BCUT2D eigenvalue weighted by molar-refractivity contribution is -0.121. The molecule has 0 aromatic heterocycles. The Balaban J connectivity index is 2.42. The van der Waals surface area contributed by atoms with Gasteiger partial charge in [-0.05, 0) is 24.1 Å². The second-order valence-electron chi connectivity index (χ2n) is 4.36. The fourth-order valence-electron chi connectivity index (χ4n) is 1.59. The molecule has 0 unspecified atom stereocenters. The van der Waals surface area contributed by atoms with E-state index in [9.17, 15) is 9.59 Å². The van der Waals surface area contributed by atoms with Crippen molar-refractivity contribution in [3.8, 4) is 0 Å². The highest BCUT2D eigenvalue weighted by atomic mass is 16.5. The lowest BCUT2D eigenvalue weighted by atomic mass is 10.1. The van der Waals surface area contributed by atoms with Crippen molar-refractivity contribution in [2.24, 2.45) is 5.10 Å². The third kappa shape index (κ3) is 5.65. The molecule has 0 radical (unpaired) electrons. The average Bonchev–Trinajstić information content (AvgIpc) is 2.47. The minimum absolute atomic E-state index is 0.0825. The zero-order chi connectivity index (χ0) is 14.8. The number of unbranched alkanes of at least 4 members (excludes halogenated alkanes) is 2. The smallest absolute Gasteiger partial charge is 0.337 e. The Morgan fingerprint density at radius 1 is 1.25 bits per heavy atom. The molecule has 0 heterocycles. The van der Waals surface area contributed by atoms with Crippen LogP contribution in [0.2, 0.25) is 0 Å². The van der Waals surface area contributed by atoms with Crippen molar-refractivity contribution in [3.05, 3.63) is 35.4 Å². The molecule has 1 aromatic rings. The molecule has 1 N–H and O–H groups in total. The number of ether oxygens (including phenoxy) is 1. The fraction of sp³-hybridized carbons (Fsp3) is 0.400. The summed E-state index contributed by atoms with van der Waals surface area (Å²) < 4.78 is 4.61. The molecule has 1 amide bonds. The van der Waals surface area contributed by atoms with Crippen LogP contribution in [-0.2, 0) is 9.53 Å². The molecule has 108 valence electrons. The second kappa shape index (κ2) is 8.85. The SMILES string of the molecule is CCCCCC(=O)N/N=C/c1ccc(C(=O)OC)cc1. The molecule has 0 bridgehead atoms. The molecule has 5 nitrogen and oxygen atoms in total. The van der Waals surface area contributed by atoms with Gasteiger partial charge in [-0.1, -0.05) is 31.9 Å². The van der Waals surface area contributed by atoms with Gasteiger partial charge in [0.2, 0.25) is 5.91 Å². The Bertz CT molecular complexity index is 467. The third-order valence-corrected chi connectivity index (χ3v) is 2.74. The van der Waals surface area contributed by atoms with Crippen molar-refractivity contribution in [1.29, 1.82) is 0 Å². The number of esters is 1. The van der Waals surface area contributed by atoms with Crippen LogP contribution in [0.4, 0.5) is 0 Å². The van der Waals surface area contributed by atoms with Crippen LogP contribution in [-0.4, -0.2) is 25.2 Å². The van der Waals surface area contributed by atoms with Crippen LogP contribution in [0.1, 0.15) is 48.5 Å². The number of hydrazone groups is 1. The summed E-state index contributed by atoms with van der Waals surface area (Å²) in [5.41, 5.74) is 3.76. The molecule has 5 heteroatoms. The quantitative estimate of drug-likeness (QED) is 0.360. The molecule has 0 atom stereocenters. The highest BCUT2D eigenvalue weighted by molar-refractivity contribution is 5.90. The number of nitrogens with zero attached hydrogens (tertiary/aromatic N) is 1. The van der Waals surface area contributed by atoms with Crippen molar-refractivity contribution in [1.82, 2.24) is 5.43 Å². The summed E-state index contributed by atoms with van der Waals surface area (Å²) in [5.74, 6) is -0.460. The number of nitrogens with one attached hydrogen (secondary N) is 1. The van der Waals surface area contributed by atoms with Crippen LogP contribution >= 0.6 is 0 Å². The van der Waals surface area contributed by atoms with Crippen molar-refractivity contribution in [3.63, 3.8) is 0 Å². The predicted octanol–water partition coefficient (Wildman–Crippen LogP) is 2.50. The minimum Gasteiger partial charge on any atom is -0.465 e. The molecule has 0 spiro atoms. The number of amides is 1. The summed E-state index contributed by atoms with van der Waals surface area (Å²) in [7, 11) is 1.34. The van der Waals surface area contributed by atoms with Gasteiger partial charge >= 0.3 is 5.97 Å². The van der Waals surface area contributed by atoms with E-state index in [1.165, 1.54) is 7.11 Å². The van der Waals surface area contributed by atoms with Crippen molar-refractivity contribution >= 4 is 18.1 Å². The molecule has 1 aromatic carbocycles. The van der Waals surface area contributed by atoms with Crippen LogP contribution < -0.4 is 5.43 Å². The van der Waals surface area contributed by atoms with E-state index < -0.39 is 0 Å². The maximum absolute atomic E-state index is 11.4. The van der Waals surface area contributed by atoms with Crippen LogP contribution in [0.25, 0.3) is 0 Å². The van der Waals surface area contributed by atoms with Gasteiger partial charge in [-0.3, -0.25) is 4.79 Å². The van der Waals surface area contributed by atoms with Crippen LogP contribution in [0.3, 0.4) is 0 Å². The van der Waals surface area contributed by atoms with Gasteiger partial charge < -0.3 is 4.74 Å². The van der Waals surface area contributed by atoms with Crippen molar-refractivity contribution in [2.75, 3.05) is 7.11 Å². The van der Waals surface area contributed by atoms with E-state index in [2.05, 4.69) is 22.2 Å². The number of hydrogen-bond donors (Lipinski definition) is 1. The van der Waals surface area contributed by atoms with Gasteiger partial charge in [-0.25, -0.2) is 10.2 Å². The third-order valence-electron chi connectivity index (χ3n) is 2.74. The van der Waals surface area contributed by atoms with Gasteiger partial charge in [-0.2, -0.15) is 5.10 Å². The summed E-state index contributed by atoms with van der Waals surface area (Å²) in [5, 5.41) is 3.87. The molecular formula is C15H20N2O3. The zero-order valence-corrected chi connectivity index (χ0v) is 11.9. The van der Waals surface area contributed by atoms with E-state index >= 15 is 0 Å². The van der Waals surface area contributed by atoms with Gasteiger partial charge in [0.15, 0.2) is 0 Å². The van der Waals surface area contributed by atoms with E-state index in [1.54, 1.807) is 30.5 Å². The molecule has 0 aliphatic carbocycles. The molecule has 20 heavy (non-hydrogen) atoms. The summed E-state index contributed by atoms with van der Waals surface area (Å²) in [6.45, 7) is 2.09. The first-order chi connectivity index (χ1) is 9.67. The Morgan fingerprint density at radius 3 is 2.55 bits per heavy atom. The summed E-state index contributed by atoms with van der Waals surface area (Å²) in [6.07, 6.45) is 5.05. The van der Waals surface area contributed by atoms with Gasteiger partial charge in [0.1, 0.15) is 0 Å². The van der Waals surface area contributed by atoms with Gasteiger partial charge in [0, 0.05) is 6.42 Å². The summed E-state index contributed by atoms with van der Waals surface area (Å²) in [6, 6.07) is 6.77. The first kappa shape index (κ1) is 15.9. The lowest BCUT2D eigenvalue weighted by Crippen LogP contribution is -2.16. The van der Waals surface area contributed by atoms with Gasteiger partial charge in [0.25, 0.3) is 0 Å². The van der Waals surface area contributed by atoms with E-state index in [0.717, 1.165) is 24.8 Å². The molecule has 0 aliphatic rings. The standard InChI is InChI=1S/C15H20N2O3/c1-3-4-5-6-14(18)17-16-11-12-7-9-13(10-8-12)15(19)20-2/h7-11H,3-6H2,1-2H3,(H,17,18)/b16-11+. The molecule has 0 saturated carbocycles. The van der Waals surface area contributed by atoms with Crippen molar-refractivity contribution in [2.45, 2.75) is 32.6 Å². The largest absolute Gasteiger partial charge is 0.465 e. The Labute approximate surface area is 119 Å². The first-order valence-electron chi connectivity index (χ1n) is 6.67. The molecule has 0 fully saturated rings. The lowest BCUT2D eigenvalue weighted by Gasteiger charge is -2.00. The number of hydrogen-bond acceptors (Lipinski definition) is 4. The minimum atomic E-state index is -0.377. The molecule has 0 aliphatic heterocycles. The number of benzene rings is 1. The van der Waals surface area contributed by atoms with E-state index in [4.69, 9.17) is 0 Å². The number of carbonyl (C=O) groups excluding carboxylic acids is 2. The Morgan fingerprint density at radius 2 is 1.95 bits per heavy atom. The van der Waals surface area contributed by atoms with E-state index in [-0.39, 0.29) is 11.9 Å². The predicted molar refractivity (Wildman–Crippen MR) is 77.7 cm³/mol. The average molecular weight is 276 g/mol. The van der Waals surface area contributed by atoms with Crippen LogP contribution in [0, 0.1) is 0 Å². The monoisotopic (exact) mass is 276 g/mol. The maximum Gasteiger partial charge on any atom is 0.337 e. The molecular weight excluding hydrogens is 256 g/mol. The van der Waals surface area contributed by atoms with Gasteiger partial charge in [0.05, 0.1) is 18.9 Å². The number of methoxy groups -OCH3 is 1. The van der Waals surface area contributed by atoms with Gasteiger partial charge in [-0.15, -0.1) is 0 Å². The van der Waals surface area contributed by atoms with E-state index in [0.29, 0.717) is 12.0 Å². The van der Waals surface area contributed by atoms with Crippen LogP contribution in [0.5, 0.6) is 0 Å². The first-order valence-corrected chi connectivity index (χ1v) is 6.67. The topological polar surface area (TPSA) is 67.8 Å². The maximum atomic E-state index is 11.4. The number of rotatable bonds is 7. The zero-order valence-electron chi connectivity index (χ0n) is 11.9. The fourth-order valence-corrected chi connectivity index (χ4v) is 1.59. The van der Waals surface area contributed by atoms with Crippen molar-refractivity contribution < 1.29 is 14.3 Å². The molecule has 0 saturated heterocycles. The normalized spacial score (nSPS) is 10.5. The summed E-state index contributed by atoms with van der Waals surface area (Å²) in [4.78, 5) is 22.6. The van der Waals surface area contributed by atoms with Crippen LogP contribution in [0.15, 0.2) is 29.4 Å². The Kier molecular flexibility index (Phi) is 7.03. The molecule has 1 rings (SSSR count). The summed E-state index contributed by atoms with van der Waals surface area (Å²) >= 11 is 0. The highest BCUT2D eigenvalue weighted by Crippen LogP contribution is 2.04. The second-order valence-corrected chi connectivity index (χ2v) is 4.36. The number of carbonyl (C=O) groups is 2. The highest BCUT2D eigenvalue weighted by Gasteiger charge is 2.03.